The first-order chi connectivity index (χ1) is 8.38. The van der Waals surface area contributed by atoms with Gasteiger partial charge in [0.25, 0.3) is 5.00 Å². The van der Waals surface area contributed by atoms with Crippen molar-refractivity contribution in [1.29, 1.82) is 5.26 Å². The molecule has 0 bridgehead atoms. The molecule has 0 saturated heterocycles. The van der Waals surface area contributed by atoms with Gasteiger partial charge in [-0.15, -0.1) is 0 Å². The minimum absolute atomic E-state index is 0.219. The minimum atomic E-state index is -2.35. The van der Waals surface area contributed by atoms with Crippen molar-refractivity contribution in [2.75, 3.05) is 6.61 Å². The molecule has 96 valence electrons. The molecule has 18 heavy (non-hydrogen) atoms. The van der Waals surface area contributed by atoms with Gasteiger partial charge >= 0.3 is 0 Å². The summed E-state index contributed by atoms with van der Waals surface area (Å²) in [5.74, 6) is 0. The van der Waals surface area contributed by atoms with Gasteiger partial charge in [-0.2, -0.15) is 5.26 Å². The number of fused-ring (bicyclic) bond motifs is 1. The number of aryl methyl sites for hydroxylation is 2. The highest BCUT2D eigenvalue weighted by molar-refractivity contribution is 8.01. The maximum atomic E-state index is 14.7. The number of pyridine rings is 1. The molecule has 0 aliphatic carbocycles. The van der Waals surface area contributed by atoms with Gasteiger partial charge in [0.1, 0.15) is 11.1 Å². The predicted octanol–water partition coefficient (Wildman–Crippen LogP) is 2.14. The number of aromatic nitrogens is 1. The first-order valence-corrected chi connectivity index (χ1v) is 6.40. The topological polar surface area (TPSA) is 71.9 Å². The van der Waals surface area contributed by atoms with E-state index in [1.807, 2.05) is 19.9 Å². The summed E-state index contributed by atoms with van der Waals surface area (Å²) in [5.41, 5.74) is 6.31. The summed E-state index contributed by atoms with van der Waals surface area (Å²) in [5, 5.41) is 7.17. The van der Waals surface area contributed by atoms with Gasteiger partial charge in [-0.3, -0.25) is 5.73 Å². The second-order valence-electron chi connectivity index (χ2n) is 4.24. The summed E-state index contributed by atoms with van der Waals surface area (Å²) in [6, 6.07) is 3.42. The van der Waals surface area contributed by atoms with Gasteiger partial charge in [-0.1, -0.05) is 0 Å². The molecule has 2 atom stereocenters. The van der Waals surface area contributed by atoms with Gasteiger partial charge in [0.15, 0.2) is 0 Å². The Hall–Kier alpha value is -1.16. The van der Waals surface area contributed by atoms with Crippen LogP contribution in [0, 0.1) is 25.2 Å². The second-order valence-corrected chi connectivity index (χ2v) is 5.39. The Morgan fingerprint density at radius 2 is 2.28 bits per heavy atom. The first-order valence-electron chi connectivity index (χ1n) is 5.58. The van der Waals surface area contributed by atoms with E-state index in [0.29, 0.717) is 10.6 Å². The first kappa shape index (κ1) is 13.3. The Morgan fingerprint density at radius 3 is 2.83 bits per heavy atom. The second kappa shape index (κ2) is 4.19. The monoisotopic (exact) mass is 267 g/mol. The Morgan fingerprint density at radius 1 is 1.61 bits per heavy atom. The SMILES string of the molecule is CCOC1(N)c2c(C)cc(C)nc2SC1(F)C#N. The van der Waals surface area contributed by atoms with Crippen LogP contribution in [0.15, 0.2) is 11.1 Å². The number of ether oxygens (including phenoxy) is 1. The van der Waals surface area contributed by atoms with Gasteiger partial charge in [-0.25, -0.2) is 9.37 Å². The highest BCUT2D eigenvalue weighted by Crippen LogP contribution is 2.55. The number of thioether (sulfide) groups is 1. The van der Waals surface area contributed by atoms with E-state index in [2.05, 4.69) is 4.98 Å². The van der Waals surface area contributed by atoms with Crippen molar-refractivity contribution in [2.24, 2.45) is 5.73 Å². The number of halogens is 1. The number of nitrogens with zero attached hydrogens (tertiary/aromatic N) is 2. The number of hydrogen-bond acceptors (Lipinski definition) is 5. The molecule has 2 rings (SSSR count). The lowest BCUT2D eigenvalue weighted by molar-refractivity contribution is -0.0884. The average molecular weight is 267 g/mol. The highest BCUT2D eigenvalue weighted by atomic mass is 32.2. The molecule has 2 N–H and O–H groups in total. The lowest BCUT2D eigenvalue weighted by Crippen LogP contribution is -2.52. The molecular weight excluding hydrogens is 253 g/mol. The van der Waals surface area contributed by atoms with E-state index >= 15 is 0 Å². The lowest BCUT2D eigenvalue weighted by atomic mass is 9.96. The molecule has 0 amide bonds. The van der Waals surface area contributed by atoms with E-state index in [9.17, 15) is 4.39 Å². The average Bonchev–Trinajstić information content (AvgIpc) is 2.48. The Kier molecular flexibility index (Phi) is 3.09. The van der Waals surface area contributed by atoms with Gasteiger partial charge < -0.3 is 4.74 Å². The molecule has 1 aliphatic heterocycles. The Balaban J connectivity index is 2.69. The largest absolute Gasteiger partial charge is 0.351 e. The highest BCUT2D eigenvalue weighted by Gasteiger charge is 2.61. The molecule has 4 nitrogen and oxygen atoms in total. The number of hydrogen-bond donors (Lipinski definition) is 1. The van der Waals surface area contributed by atoms with Gasteiger partial charge in [0, 0.05) is 17.9 Å². The van der Waals surface area contributed by atoms with E-state index in [1.165, 1.54) is 0 Å². The molecule has 0 saturated carbocycles. The summed E-state index contributed by atoms with van der Waals surface area (Å²) in [7, 11) is 0. The van der Waals surface area contributed by atoms with Crippen LogP contribution in [0.5, 0.6) is 0 Å². The number of nitrogens with two attached hydrogens (primary N) is 1. The van der Waals surface area contributed by atoms with E-state index in [4.69, 9.17) is 15.7 Å². The van der Waals surface area contributed by atoms with Crippen molar-refractivity contribution in [3.05, 3.63) is 22.9 Å². The van der Waals surface area contributed by atoms with Crippen molar-refractivity contribution >= 4 is 11.8 Å². The Labute approximate surface area is 109 Å². The normalized spacial score (nSPS) is 30.0. The van der Waals surface area contributed by atoms with Crippen LogP contribution in [-0.4, -0.2) is 16.6 Å². The molecule has 1 aliphatic rings. The van der Waals surface area contributed by atoms with Crippen LogP contribution in [0.1, 0.15) is 23.7 Å². The molecule has 0 spiro atoms. The lowest BCUT2D eigenvalue weighted by Gasteiger charge is -2.31. The van der Waals surface area contributed by atoms with Crippen molar-refractivity contribution in [2.45, 2.75) is 36.5 Å². The molecule has 6 heteroatoms. The van der Waals surface area contributed by atoms with Crippen molar-refractivity contribution < 1.29 is 9.13 Å². The van der Waals surface area contributed by atoms with Gasteiger partial charge in [-0.05, 0) is 44.2 Å². The molecule has 0 radical (unpaired) electrons. The predicted molar refractivity (Wildman–Crippen MR) is 66.5 cm³/mol. The summed E-state index contributed by atoms with van der Waals surface area (Å²) in [4.78, 5) is 4.25. The number of nitriles is 1. The third-order valence-corrected chi connectivity index (χ3v) is 4.08. The molecular formula is C12H14FN3OS. The standard InChI is InChI=1S/C12H14FN3OS/c1-4-17-12(15)9-7(2)5-8(3)16-10(9)18-11(12,13)6-14/h5H,4,15H2,1-3H3. The fourth-order valence-electron chi connectivity index (χ4n) is 2.20. The van der Waals surface area contributed by atoms with Gasteiger partial charge in [0.2, 0.25) is 5.72 Å². The number of alkyl halides is 1. The molecule has 0 aromatic carbocycles. The molecule has 2 unspecified atom stereocenters. The summed E-state index contributed by atoms with van der Waals surface area (Å²) in [6.07, 6.45) is 0. The van der Waals surface area contributed by atoms with Crippen molar-refractivity contribution in [3.63, 3.8) is 0 Å². The van der Waals surface area contributed by atoms with E-state index < -0.39 is 10.7 Å². The fraction of sp³-hybridized carbons (Fsp3) is 0.500. The van der Waals surface area contributed by atoms with Crippen LogP contribution >= 0.6 is 11.8 Å². The zero-order valence-corrected chi connectivity index (χ0v) is 11.3. The molecule has 1 aromatic rings. The van der Waals surface area contributed by atoms with Crippen LogP contribution in [0.25, 0.3) is 0 Å². The zero-order valence-electron chi connectivity index (χ0n) is 10.5. The quantitative estimate of drug-likeness (QED) is 0.831. The summed E-state index contributed by atoms with van der Waals surface area (Å²) < 4.78 is 20.1. The third-order valence-electron chi connectivity index (χ3n) is 2.91. The zero-order chi connectivity index (χ0) is 13.6. The minimum Gasteiger partial charge on any atom is -0.351 e. The third kappa shape index (κ3) is 1.62. The molecule has 1 aromatic heterocycles. The van der Waals surface area contributed by atoms with Crippen LogP contribution < -0.4 is 5.73 Å². The number of rotatable bonds is 2. The van der Waals surface area contributed by atoms with Crippen LogP contribution in [-0.2, 0) is 10.5 Å². The van der Waals surface area contributed by atoms with Crippen molar-refractivity contribution in [1.82, 2.24) is 4.98 Å². The summed E-state index contributed by atoms with van der Waals surface area (Å²) in [6.45, 7) is 5.57. The van der Waals surface area contributed by atoms with Gasteiger partial charge in [0.05, 0.1) is 0 Å². The van der Waals surface area contributed by atoms with Crippen LogP contribution in [0.4, 0.5) is 4.39 Å². The van der Waals surface area contributed by atoms with Crippen LogP contribution in [0.3, 0.4) is 0 Å². The van der Waals surface area contributed by atoms with E-state index in [1.54, 1.807) is 13.0 Å². The molecule has 2 heterocycles. The Bertz CT molecular complexity index is 545. The maximum absolute atomic E-state index is 14.7. The van der Waals surface area contributed by atoms with E-state index in [-0.39, 0.29) is 6.61 Å². The van der Waals surface area contributed by atoms with Crippen LogP contribution in [0.2, 0.25) is 0 Å². The summed E-state index contributed by atoms with van der Waals surface area (Å²) >= 11 is 0.725. The smallest absolute Gasteiger partial charge is 0.293 e. The molecule has 0 fully saturated rings. The fourth-order valence-corrected chi connectivity index (χ4v) is 3.43. The van der Waals surface area contributed by atoms with Crippen molar-refractivity contribution in [3.8, 4) is 6.07 Å². The maximum Gasteiger partial charge on any atom is 0.293 e. The van der Waals surface area contributed by atoms with E-state index in [0.717, 1.165) is 23.0 Å².